The lowest BCUT2D eigenvalue weighted by Crippen LogP contribution is -2.15. The summed E-state index contributed by atoms with van der Waals surface area (Å²) in [5.41, 5.74) is 0. The molecule has 12 heteroatoms. The number of rotatable bonds is 34. The van der Waals surface area contributed by atoms with Gasteiger partial charge in [0.1, 0.15) is 12.2 Å². The van der Waals surface area contributed by atoms with Crippen molar-refractivity contribution in [2.24, 2.45) is 0 Å². The van der Waals surface area contributed by atoms with Crippen LogP contribution in [0.25, 0.3) is 0 Å². The van der Waals surface area contributed by atoms with E-state index in [1.54, 1.807) is 0 Å². The number of aliphatic hydroxyl groups is 6. The summed E-state index contributed by atoms with van der Waals surface area (Å²) < 4.78 is 0. The smallest absolute Gasteiger partial charge is 0.303 e. The fourth-order valence-corrected chi connectivity index (χ4v) is 4.88. The van der Waals surface area contributed by atoms with Crippen molar-refractivity contribution in [3.05, 3.63) is 0 Å². The average molecular weight is 785 g/mol. The van der Waals surface area contributed by atoms with Crippen molar-refractivity contribution in [2.75, 3.05) is 26.4 Å². The van der Waals surface area contributed by atoms with Crippen LogP contribution in [0.4, 0.5) is 0 Å². The molecule has 0 aromatic carbocycles. The lowest BCUT2D eigenvalue weighted by molar-refractivity contribution is -0.138. The molecule has 0 saturated carbocycles. The summed E-state index contributed by atoms with van der Waals surface area (Å²) in [6.07, 6.45) is 32.5. The zero-order valence-electron chi connectivity index (χ0n) is 34.9. The maximum absolute atomic E-state index is 10.2. The minimum Gasteiger partial charge on any atom is -0.481 e. The maximum Gasteiger partial charge on any atom is 0.303 e. The second kappa shape index (κ2) is 57.9. The normalized spacial score (nSPS) is 10.3. The van der Waals surface area contributed by atoms with E-state index < -0.39 is 30.1 Å². The van der Waals surface area contributed by atoms with E-state index in [0.717, 1.165) is 38.5 Å². The van der Waals surface area contributed by atoms with Crippen LogP contribution in [-0.4, -0.2) is 103 Å². The van der Waals surface area contributed by atoms with Crippen molar-refractivity contribution in [3.63, 3.8) is 0 Å². The van der Waals surface area contributed by atoms with E-state index in [1.165, 1.54) is 135 Å². The fraction of sp³-hybridized carbons (Fsp3) is 0.929. The molecular weight excluding hydrogens is 696 g/mol. The molecule has 9 N–H and O–H groups in total. The molecule has 0 aromatic heterocycles. The highest BCUT2D eigenvalue weighted by Crippen LogP contribution is 2.12. The Morgan fingerprint density at radius 2 is 0.463 bits per heavy atom. The Bertz CT molecular complexity index is 615. The SMILES string of the molecule is CCCCCCCCCCCC(=O)O.CCCCCCCCCCCC(=O)O.CCCCCCCCCCCC(=O)O.OCC(O)CO.OCC(O)CO. The minimum absolute atomic E-state index is 0.343. The molecule has 0 atom stereocenters. The lowest BCUT2D eigenvalue weighted by atomic mass is 10.1. The Balaban J connectivity index is -0.000000193. The van der Waals surface area contributed by atoms with Gasteiger partial charge in [-0.1, -0.05) is 175 Å². The van der Waals surface area contributed by atoms with Gasteiger partial charge in [-0.05, 0) is 19.3 Å². The first-order valence-electron chi connectivity index (χ1n) is 21.4. The maximum atomic E-state index is 10.2. The highest BCUT2D eigenvalue weighted by atomic mass is 16.4. The third-order valence-corrected chi connectivity index (χ3v) is 8.33. The van der Waals surface area contributed by atoms with Crippen molar-refractivity contribution in [1.29, 1.82) is 0 Å². The summed E-state index contributed by atoms with van der Waals surface area (Å²) in [4.78, 5) is 30.6. The van der Waals surface area contributed by atoms with Crippen LogP contribution in [0.2, 0.25) is 0 Å². The molecule has 0 aromatic rings. The quantitative estimate of drug-likeness (QED) is 0.0279. The first kappa shape index (κ1) is 61.4. The van der Waals surface area contributed by atoms with E-state index in [4.69, 9.17) is 46.0 Å². The molecule has 0 rings (SSSR count). The second-order valence-corrected chi connectivity index (χ2v) is 14.0. The third-order valence-electron chi connectivity index (χ3n) is 8.33. The van der Waals surface area contributed by atoms with Crippen LogP contribution in [0.15, 0.2) is 0 Å². The molecule has 0 spiro atoms. The number of aliphatic hydroxyl groups excluding tert-OH is 6. The first-order valence-corrected chi connectivity index (χ1v) is 21.4. The van der Waals surface area contributed by atoms with Gasteiger partial charge in [0.2, 0.25) is 0 Å². The number of carboxylic acids is 3. The standard InChI is InChI=1S/3C12H24O2.2C3H8O3/c3*1-2-3-4-5-6-7-8-9-10-11-12(13)14;2*4-1-3(6)2-5/h3*2-11H2,1H3,(H,13,14);2*3-6H,1-2H2. The van der Waals surface area contributed by atoms with Crippen LogP contribution >= 0.6 is 0 Å². The summed E-state index contributed by atoms with van der Waals surface area (Å²) in [6, 6.07) is 0. The molecular formula is C42H88O12. The minimum atomic E-state index is -0.954. The molecule has 54 heavy (non-hydrogen) atoms. The Labute approximate surface area is 329 Å². The van der Waals surface area contributed by atoms with Gasteiger partial charge in [0, 0.05) is 19.3 Å². The van der Waals surface area contributed by atoms with Crippen molar-refractivity contribution in [2.45, 2.75) is 226 Å². The molecule has 0 heterocycles. The predicted octanol–water partition coefficient (Wildman–Crippen LogP) is 8.64. The van der Waals surface area contributed by atoms with Gasteiger partial charge >= 0.3 is 17.9 Å². The van der Waals surface area contributed by atoms with Gasteiger partial charge < -0.3 is 46.0 Å². The Hall–Kier alpha value is -1.83. The van der Waals surface area contributed by atoms with Crippen LogP contribution in [-0.2, 0) is 14.4 Å². The molecule has 0 aliphatic carbocycles. The topological polar surface area (TPSA) is 233 Å². The monoisotopic (exact) mass is 785 g/mol. The zero-order valence-corrected chi connectivity index (χ0v) is 34.9. The largest absolute Gasteiger partial charge is 0.481 e. The summed E-state index contributed by atoms with van der Waals surface area (Å²) >= 11 is 0. The number of hydrogen-bond acceptors (Lipinski definition) is 9. The molecule has 0 aliphatic rings. The van der Waals surface area contributed by atoms with Gasteiger partial charge in [0.15, 0.2) is 0 Å². The third kappa shape index (κ3) is 79.1. The van der Waals surface area contributed by atoms with Gasteiger partial charge in [-0.3, -0.25) is 14.4 Å². The summed E-state index contributed by atoms with van der Waals surface area (Å²) in [7, 11) is 0. The van der Waals surface area contributed by atoms with Crippen LogP contribution in [0.1, 0.15) is 213 Å². The van der Waals surface area contributed by atoms with Crippen molar-refractivity contribution < 1.29 is 60.3 Å². The van der Waals surface area contributed by atoms with Crippen LogP contribution < -0.4 is 0 Å². The lowest BCUT2D eigenvalue weighted by Gasteiger charge is -2.00. The number of carboxylic acid groups (broad SMARTS) is 3. The van der Waals surface area contributed by atoms with Crippen molar-refractivity contribution in [3.8, 4) is 0 Å². The molecule has 12 nitrogen and oxygen atoms in total. The van der Waals surface area contributed by atoms with E-state index in [1.807, 2.05) is 0 Å². The first-order chi connectivity index (χ1) is 25.9. The van der Waals surface area contributed by atoms with E-state index in [9.17, 15) is 14.4 Å². The number of hydrogen-bond donors (Lipinski definition) is 9. The summed E-state index contributed by atoms with van der Waals surface area (Å²) in [5.74, 6) is -1.98. The molecule has 0 radical (unpaired) electrons. The van der Waals surface area contributed by atoms with Crippen LogP contribution in [0.5, 0.6) is 0 Å². The van der Waals surface area contributed by atoms with E-state index in [0.29, 0.717) is 19.3 Å². The number of unbranched alkanes of at least 4 members (excludes halogenated alkanes) is 24. The van der Waals surface area contributed by atoms with E-state index >= 15 is 0 Å². The van der Waals surface area contributed by atoms with E-state index in [2.05, 4.69) is 20.8 Å². The second-order valence-electron chi connectivity index (χ2n) is 14.0. The van der Waals surface area contributed by atoms with Crippen LogP contribution in [0.3, 0.4) is 0 Å². The van der Waals surface area contributed by atoms with E-state index in [-0.39, 0.29) is 26.4 Å². The predicted molar refractivity (Wildman–Crippen MR) is 219 cm³/mol. The Morgan fingerprint density at radius 3 is 0.574 bits per heavy atom. The van der Waals surface area contributed by atoms with Crippen molar-refractivity contribution >= 4 is 17.9 Å². The van der Waals surface area contributed by atoms with Gasteiger partial charge in [-0.25, -0.2) is 0 Å². The van der Waals surface area contributed by atoms with Crippen molar-refractivity contribution in [1.82, 2.24) is 0 Å². The average Bonchev–Trinajstić information content (AvgIpc) is 3.16. The molecule has 0 amide bonds. The van der Waals surface area contributed by atoms with Gasteiger partial charge in [0.25, 0.3) is 0 Å². The van der Waals surface area contributed by atoms with Gasteiger partial charge in [-0.2, -0.15) is 0 Å². The summed E-state index contributed by atoms with van der Waals surface area (Å²) in [6.45, 7) is 5.23. The summed E-state index contributed by atoms with van der Waals surface area (Å²) in [5, 5.41) is 73.3. The highest BCUT2D eigenvalue weighted by Gasteiger charge is 1.99. The Morgan fingerprint density at radius 1 is 0.315 bits per heavy atom. The van der Waals surface area contributed by atoms with Gasteiger partial charge in [-0.15, -0.1) is 0 Å². The fourth-order valence-electron chi connectivity index (χ4n) is 4.88. The molecule has 0 aliphatic heterocycles. The Kier molecular flexibility index (Phi) is 65.8. The molecule has 328 valence electrons. The molecule has 0 saturated heterocycles. The number of aliphatic carboxylic acids is 3. The van der Waals surface area contributed by atoms with Crippen LogP contribution in [0, 0.1) is 0 Å². The van der Waals surface area contributed by atoms with Gasteiger partial charge in [0.05, 0.1) is 26.4 Å². The number of carbonyl (C=O) groups is 3. The highest BCUT2D eigenvalue weighted by molar-refractivity contribution is 5.67. The molecule has 0 unspecified atom stereocenters. The zero-order chi connectivity index (χ0) is 41.9. The molecule has 0 fully saturated rings. The molecule has 0 bridgehead atoms.